The van der Waals surface area contributed by atoms with Crippen molar-refractivity contribution in [3.63, 3.8) is 0 Å². The monoisotopic (exact) mass is 430 g/mol. The van der Waals surface area contributed by atoms with Crippen LogP contribution in [0, 0.1) is 11.3 Å². The van der Waals surface area contributed by atoms with Gasteiger partial charge in [-0.25, -0.2) is 0 Å². The van der Waals surface area contributed by atoms with E-state index >= 15 is 0 Å². The number of para-hydroxylation sites is 1. The molecule has 136 valence electrons. The summed E-state index contributed by atoms with van der Waals surface area (Å²) in [5, 5.41) is 12.1. The van der Waals surface area contributed by atoms with E-state index in [1.54, 1.807) is 6.07 Å². The zero-order valence-corrected chi connectivity index (χ0v) is 16.4. The second-order valence-electron chi connectivity index (χ2n) is 6.30. The molecule has 28 heavy (non-hydrogen) atoms. The van der Waals surface area contributed by atoms with E-state index in [4.69, 9.17) is 4.74 Å². The van der Waals surface area contributed by atoms with Crippen LogP contribution < -0.4 is 10.1 Å². The standard InChI is InChI=1S/C23H15BrN2O2/c24-18-9-10-22(28-14-16-6-2-1-5-15(16)13-25)17(11-18)12-20-19-7-3-4-8-21(19)26-23(20)27/h1-12H,14H2,(H,26,27)/b20-12+. The molecule has 0 radical (unpaired) electrons. The van der Waals surface area contributed by atoms with Gasteiger partial charge in [0.05, 0.1) is 11.6 Å². The van der Waals surface area contributed by atoms with Crippen LogP contribution in [0.25, 0.3) is 11.6 Å². The van der Waals surface area contributed by atoms with Crippen LogP contribution in [0.1, 0.15) is 22.3 Å². The molecular weight excluding hydrogens is 416 g/mol. The number of benzene rings is 3. The zero-order chi connectivity index (χ0) is 19.5. The molecule has 0 saturated carbocycles. The summed E-state index contributed by atoms with van der Waals surface area (Å²) in [4.78, 5) is 12.4. The van der Waals surface area contributed by atoms with Crippen molar-refractivity contribution in [2.75, 3.05) is 5.32 Å². The van der Waals surface area contributed by atoms with Crippen LogP contribution in [0.4, 0.5) is 5.69 Å². The lowest BCUT2D eigenvalue weighted by Gasteiger charge is -2.11. The fourth-order valence-electron chi connectivity index (χ4n) is 3.11. The smallest absolute Gasteiger partial charge is 0.256 e. The van der Waals surface area contributed by atoms with Gasteiger partial charge in [-0.2, -0.15) is 5.26 Å². The molecule has 0 bridgehead atoms. The highest BCUT2D eigenvalue weighted by Gasteiger charge is 2.23. The summed E-state index contributed by atoms with van der Waals surface area (Å²) in [7, 11) is 0. The van der Waals surface area contributed by atoms with Crippen molar-refractivity contribution in [3.05, 3.63) is 93.5 Å². The first-order valence-electron chi connectivity index (χ1n) is 8.68. The van der Waals surface area contributed by atoms with Crippen LogP contribution in [0.2, 0.25) is 0 Å². The van der Waals surface area contributed by atoms with E-state index in [0.717, 1.165) is 26.9 Å². The van der Waals surface area contributed by atoms with Crippen molar-refractivity contribution < 1.29 is 9.53 Å². The van der Waals surface area contributed by atoms with Gasteiger partial charge in [0, 0.05) is 32.4 Å². The quantitative estimate of drug-likeness (QED) is 0.564. The molecular formula is C23H15BrN2O2. The maximum atomic E-state index is 12.4. The molecule has 3 aromatic carbocycles. The molecule has 0 spiro atoms. The van der Waals surface area contributed by atoms with Gasteiger partial charge in [0.25, 0.3) is 5.91 Å². The number of fused-ring (bicyclic) bond motifs is 1. The first-order chi connectivity index (χ1) is 13.7. The van der Waals surface area contributed by atoms with Crippen LogP contribution in [0.5, 0.6) is 5.75 Å². The van der Waals surface area contributed by atoms with Gasteiger partial charge >= 0.3 is 0 Å². The molecule has 4 rings (SSSR count). The maximum Gasteiger partial charge on any atom is 0.256 e. The Balaban J connectivity index is 1.68. The molecule has 1 amide bonds. The second-order valence-corrected chi connectivity index (χ2v) is 7.21. The number of hydrogen-bond acceptors (Lipinski definition) is 3. The van der Waals surface area contributed by atoms with Crippen molar-refractivity contribution in [1.82, 2.24) is 0 Å². The van der Waals surface area contributed by atoms with Gasteiger partial charge in [-0.3, -0.25) is 4.79 Å². The molecule has 0 atom stereocenters. The third-order valence-corrected chi connectivity index (χ3v) is 5.00. The van der Waals surface area contributed by atoms with Gasteiger partial charge in [-0.1, -0.05) is 52.3 Å². The van der Waals surface area contributed by atoms with Gasteiger partial charge in [-0.15, -0.1) is 0 Å². The predicted octanol–water partition coefficient (Wildman–Crippen LogP) is 5.39. The van der Waals surface area contributed by atoms with Crippen molar-refractivity contribution in [1.29, 1.82) is 5.26 Å². The largest absolute Gasteiger partial charge is 0.488 e. The minimum absolute atomic E-state index is 0.137. The Morgan fingerprint density at radius 1 is 1.07 bits per heavy atom. The van der Waals surface area contributed by atoms with Crippen LogP contribution >= 0.6 is 15.9 Å². The Kier molecular flexibility index (Phi) is 4.96. The Morgan fingerprint density at radius 3 is 2.71 bits per heavy atom. The van der Waals surface area contributed by atoms with E-state index in [1.807, 2.05) is 66.7 Å². The summed E-state index contributed by atoms with van der Waals surface area (Å²) in [5.41, 5.74) is 4.45. The van der Waals surface area contributed by atoms with E-state index < -0.39 is 0 Å². The van der Waals surface area contributed by atoms with Gasteiger partial charge < -0.3 is 10.1 Å². The molecule has 1 aliphatic heterocycles. The molecule has 0 unspecified atom stereocenters. The number of halogens is 1. The summed E-state index contributed by atoms with van der Waals surface area (Å²) in [6, 6.07) is 22.8. The van der Waals surface area contributed by atoms with Gasteiger partial charge in [0.1, 0.15) is 12.4 Å². The lowest BCUT2D eigenvalue weighted by Crippen LogP contribution is -2.04. The predicted molar refractivity (Wildman–Crippen MR) is 113 cm³/mol. The third kappa shape index (κ3) is 3.55. The molecule has 0 aromatic heterocycles. The Labute approximate surface area is 171 Å². The molecule has 1 heterocycles. The first kappa shape index (κ1) is 18.0. The first-order valence-corrected chi connectivity index (χ1v) is 9.48. The summed E-state index contributed by atoms with van der Waals surface area (Å²) in [6.07, 6.45) is 1.83. The number of nitriles is 1. The second kappa shape index (κ2) is 7.71. The molecule has 0 aliphatic carbocycles. The minimum atomic E-state index is -0.137. The number of ether oxygens (including phenoxy) is 1. The fourth-order valence-corrected chi connectivity index (χ4v) is 3.49. The average Bonchev–Trinajstić information content (AvgIpc) is 3.03. The van der Waals surface area contributed by atoms with Gasteiger partial charge in [0.15, 0.2) is 0 Å². The Morgan fingerprint density at radius 2 is 1.86 bits per heavy atom. The lowest BCUT2D eigenvalue weighted by molar-refractivity contribution is -0.110. The van der Waals surface area contributed by atoms with Gasteiger partial charge in [0.2, 0.25) is 0 Å². The van der Waals surface area contributed by atoms with Crippen molar-refractivity contribution in [2.24, 2.45) is 0 Å². The molecule has 5 heteroatoms. The Bertz CT molecular complexity index is 1150. The molecule has 4 nitrogen and oxygen atoms in total. The number of amides is 1. The summed E-state index contributed by atoms with van der Waals surface area (Å²) < 4.78 is 6.89. The van der Waals surface area contributed by atoms with Crippen LogP contribution in [0.15, 0.2) is 71.2 Å². The van der Waals surface area contributed by atoms with E-state index in [1.165, 1.54) is 0 Å². The highest BCUT2D eigenvalue weighted by Crippen LogP contribution is 2.35. The number of carbonyl (C=O) groups is 1. The number of nitrogens with zero attached hydrogens (tertiary/aromatic N) is 1. The zero-order valence-electron chi connectivity index (χ0n) is 14.8. The molecule has 0 saturated heterocycles. The van der Waals surface area contributed by atoms with E-state index in [0.29, 0.717) is 16.9 Å². The topological polar surface area (TPSA) is 62.1 Å². The highest BCUT2D eigenvalue weighted by molar-refractivity contribution is 9.10. The summed E-state index contributed by atoms with van der Waals surface area (Å²) in [6.45, 7) is 0.268. The van der Waals surface area contributed by atoms with Crippen molar-refractivity contribution >= 4 is 39.2 Å². The average molecular weight is 431 g/mol. The summed E-state index contributed by atoms with van der Waals surface area (Å²) in [5.74, 6) is 0.502. The van der Waals surface area contributed by atoms with Gasteiger partial charge in [-0.05, 0) is 36.4 Å². The molecule has 1 N–H and O–H groups in total. The van der Waals surface area contributed by atoms with Crippen LogP contribution in [0.3, 0.4) is 0 Å². The molecule has 1 aliphatic rings. The van der Waals surface area contributed by atoms with E-state index in [9.17, 15) is 10.1 Å². The number of rotatable bonds is 4. The number of anilines is 1. The Hall–Kier alpha value is -3.36. The number of nitrogens with one attached hydrogen (secondary N) is 1. The normalized spacial score (nSPS) is 13.7. The van der Waals surface area contributed by atoms with Crippen molar-refractivity contribution in [2.45, 2.75) is 6.61 Å². The fraction of sp³-hybridized carbons (Fsp3) is 0.0435. The minimum Gasteiger partial charge on any atom is -0.488 e. The molecule has 3 aromatic rings. The number of hydrogen-bond donors (Lipinski definition) is 1. The highest BCUT2D eigenvalue weighted by atomic mass is 79.9. The third-order valence-electron chi connectivity index (χ3n) is 4.50. The SMILES string of the molecule is N#Cc1ccccc1COc1ccc(Br)cc1/C=C1/C(=O)Nc2ccccc21. The van der Waals surface area contributed by atoms with Crippen LogP contribution in [-0.2, 0) is 11.4 Å². The maximum absolute atomic E-state index is 12.4. The van der Waals surface area contributed by atoms with Crippen LogP contribution in [-0.4, -0.2) is 5.91 Å². The van der Waals surface area contributed by atoms with E-state index in [2.05, 4.69) is 27.3 Å². The number of carbonyl (C=O) groups excluding carboxylic acids is 1. The lowest BCUT2D eigenvalue weighted by atomic mass is 10.0. The van der Waals surface area contributed by atoms with E-state index in [-0.39, 0.29) is 12.5 Å². The summed E-state index contributed by atoms with van der Waals surface area (Å²) >= 11 is 3.48. The molecule has 0 fully saturated rings. The van der Waals surface area contributed by atoms with Crippen molar-refractivity contribution in [3.8, 4) is 11.8 Å².